The fourth-order valence-corrected chi connectivity index (χ4v) is 2.43. The third kappa shape index (κ3) is 1.85. The summed E-state index contributed by atoms with van der Waals surface area (Å²) in [6, 6.07) is -0.154. The predicted octanol–water partition coefficient (Wildman–Crippen LogP) is -0.587. The van der Waals surface area contributed by atoms with E-state index in [1.165, 1.54) is 4.90 Å². The Morgan fingerprint density at radius 3 is 2.56 bits per heavy atom. The van der Waals surface area contributed by atoms with E-state index in [2.05, 4.69) is 11.8 Å². The van der Waals surface area contributed by atoms with E-state index in [1.54, 1.807) is 7.05 Å². The normalized spacial score (nSPS) is 37.2. The van der Waals surface area contributed by atoms with Gasteiger partial charge in [0.15, 0.2) is 0 Å². The lowest BCUT2D eigenvalue weighted by Gasteiger charge is -2.37. The monoisotopic (exact) mass is 225 g/mol. The van der Waals surface area contributed by atoms with E-state index in [0.29, 0.717) is 12.3 Å². The molecule has 0 saturated carbocycles. The number of nitrogens with two attached hydrogens (primary N) is 1. The largest absolute Gasteiger partial charge is 0.326 e. The fourth-order valence-electron chi connectivity index (χ4n) is 2.43. The number of hydrogen-bond donors (Lipinski definition) is 1. The molecule has 0 aromatic rings. The second-order valence-corrected chi connectivity index (χ2v) is 4.94. The number of likely N-dealkylation sites (N-methyl/N-ethyl adjacent to an activating group) is 1. The zero-order chi connectivity index (χ0) is 11.9. The standard InChI is InChI=1S/C11H19N3O2/c1-7-3-4-14(6-8(7)12)9-5-10(15)13(2)11(9)16/h7-9H,3-6,12H2,1-2H3. The molecule has 2 amide bonds. The van der Waals surface area contributed by atoms with Crippen LogP contribution in [0.5, 0.6) is 0 Å². The van der Waals surface area contributed by atoms with Crippen molar-refractivity contribution >= 4 is 11.8 Å². The molecule has 0 spiro atoms. The molecule has 0 aromatic carbocycles. The van der Waals surface area contributed by atoms with E-state index in [4.69, 9.17) is 5.73 Å². The van der Waals surface area contributed by atoms with Crippen LogP contribution in [0.25, 0.3) is 0 Å². The number of likely N-dealkylation sites (tertiary alicyclic amines) is 2. The number of hydrogen-bond acceptors (Lipinski definition) is 4. The van der Waals surface area contributed by atoms with Crippen molar-refractivity contribution < 1.29 is 9.59 Å². The second kappa shape index (κ2) is 4.14. The molecule has 5 nitrogen and oxygen atoms in total. The van der Waals surface area contributed by atoms with Crippen LogP contribution in [0.3, 0.4) is 0 Å². The Kier molecular flexibility index (Phi) is 2.99. The molecule has 0 aliphatic carbocycles. The zero-order valence-corrected chi connectivity index (χ0v) is 9.85. The fraction of sp³-hybridized carbons (Fsp3) is 0.818. The highest BCUT2D eigenvalue weighted by Crippen LogP contribution is 2.23. The van der Waals surface area contributed by atoms with E-state index in [0.717, 1.165) is 19.5 Å². The Morgan fingerprint density at radius 2 is 2.06 bits per heavy atom. The van der Waals surface area contributed by atoms with Crippen LogP contribution < -0.4 is 5.73 Å². The summed E-state index contributed by atoms with van der Waals surface area (Å²) in [5.41, 5.74) is 6.00. The quantitative estimate of drug-likeness (QED) is 0.606. The maximum Gasteiger partial charge on any atom is 0.246 e. The summed E-state index contributed by atoms with van der Waals surface area (Å²) in [6.45, 7) is 3.72. The van der Waals surface area contributed by atoms with Crippen LogP contribution in [0.2, 0.25) is 0 Å². The van der Waals surface area contributed by atoms with Gasteiger partial charge in [-0.15, -0.1) is 0 Å². The summed E-state index contributed by atoms with van der Waals surface area (Å²) in [6.07, 6.45) is 1.32. The number of carbonyl (C=O) groups excluding carboxylic acids is 2. The van der Waals surface area contributed by atoms with Crippen LogP contribution in [0.4, 0.5) is 0 Å². The Bertz CT molecular complexity index is 318. The number of piperidine rings is 1. The summed E-state index contributed by atoms with van der Waals surface area (Å²) in [5, 5.41) is 0. The van der Waals surface area contributed by atoms with Gasteiger partial charge < -0.3 is 5.73 Å². The van der Waals surface area contributed by atoms with Gasteiger partial charge in [0, 0.05) is 19.6 Å². The third-order valence-corrected chi connectivity index (χ3v) is 3.85. The van der Waals surface area contributed by atoms with Crippen molar-refractivity contribution in [3.63, 3.8) is 0 Å². The molecular formula is C11H19N3O2. The number of amides is 2. The molecule has 0 bridgehead atoms. The average Bonchev–Trinajstić information content (AvgIpc) is 2.50. The maximum absolute atomic E-state index is 11.8. The van der Waals surface area contributed by atoms with E-state index in [-0.39, 0.29) is 23.9 Å². The highest BCUT2D eigenvalue weighted by Gasteiger charge is 2.41. The van der Waals surface area contributed by atoms with Gasteiger partial charge in [-0.2, -0.15) is 0 Å². The van der Waals surface area contributed by atoms with Gasteiger partial charge in [0.05, 0.1) is 12.5 Å². The first-order chi connectivity index (χ1) is 7.50. The van der Waals surface area contributed by atoms with Gasteiger partial charge in [-0.25, -0.2) is 0 Å². The smallest absolute Gasteiger partial charge is 0.246 e. The molecule has 5 heteroatoms. The Labute approximate surface area is 95.6 Å². The number of rotatable bonds is 1. The minimum atomic E-state index is -0.268. The average molecular weight is 225 g/mol. The van der Waals surface area contributed by atoms with Gasteiger partial charge in [0.25, 0.3) is 0 Å². The number of imide groups is 1. The summed E-state index contributed by atoms with van der Waals surface area (Å²) in [4.78, 5) is 26.6. The van der Waals surface area contributed by atoms with Crippen molar-refractivity contribution in [1.29, 1.82) is 0 Å². The lowest BCUT2D eigenvalue weighted by atomic mass is 9.93. The summed E-state index contributed by atoms with van der Waals surface area (Å²) >= 11 is 0. The van der Waals surface area contributed by atoms with Gasteiger partial charge in [0.2, 0.25) is 11.8 Å². The zero-order valence-electron chi connectivity index (χ0n) is 9.85. The molecule has 3 atom stereocenters. The molecule has 2 aliphatic rings. The van der Waals surface area contributed by atoms with Crippen molar-refractivity contribution in [1.82, 2.24) is 9.80 Å². The molecule has 2 fully saturated rings. The van der Waals surface area contributed by atoms with Crippen LogP contribution in [0.1, 0.15) is 19.8 Å². The third-order valence-electron chi connectivity index (χ3n) is 3.85. The number of nitrogens with zero attached hydrogens (tertiary/aromatic N) is 2. The van der Waals surface area contributed by atoms with E-state index >= 15 is 0 Å². The second-order valence-electron chi connectivity index (χ2n) is 4.94. The Morgan fingerprint density at radius 1 is 1.38 bits per heavy atom. The SMILES string of the molecule is CC1CCN(C2CC(=O)N(C)C2=O)CC1N. The van der Waals surface area contributed by atoms with Crippen molar-refractivity contribution in [2.45, 2.75) is 31.8 Å². The summed E-state index contributed by atoms with van der Waals surface area (Å²) < 4.78 is 0. The molecular weight excluding hydrogens is 206 g/mol. The minimum Gasteiger partial charge on any atom is -0.326 e. The first kappa shape index (κ1) is 11.5. The van der Waals surface area contributed by atoms with Gasteiger partial charge >= 0.3 is 0 Å². The Balaban J connectivity index is 2.04. The van der Waals surface area contributed by atoms with E-state index in [9.17, 15) is 9.59 Å². The van der Waals surface area contributed by atoms with Crippen molar-refractivity contribution in [3.05, 3.63) is 0 Å². The number of carbonyl (C=O) groups is 2. The molecule has 2 aliphatic heterocycles. The first-order valence-electron chi connectivity index (χ1n) is 5.80. The van der Waals surface area contributed by atoms with Crippen molar-refractivity contribution in [2.24, 2.45) is 11.7 Å². The molecule has 0 radical (unpaired) electrons. The molecule has 2 heterocycles. The predicted molar refractivity (Wildman–Crippen MR) is 59.5 cm³/mol. The van der Waals surface area contributed by atoms with Gasteiger partial charge in [-0.3, -0.25) is 19.4 Å². The first-order valence-corrected chi connectivity index (χ1v) is 5.80. The van der Waals surface area contributed by atoms with E-state index < -0.39 is 0 Å². The molecule has 16 heavy (non-hydrogen) atoms. The summed E-state index contributed by atoms with van der Waals surface area (Å²) in [7, 11) is 1.55. The Hall–Kier alpha value is -0.940. The van der Waals surface area contributed by atoms with E-state index in [1.807, 2.05) is 0 Å². The molecule has 2 saturated heterocycles. The maximum atomic E-state index is 11.8. The molecule has 2 N–H and O–H groups in total. The van der Waals surface area contributed by atoms with Gasteiger partial charge in [0.1, 0.15) is 0 Å². The molecule has 3 unspecified atom stereocenters. The molecule has 0 aromatic heterocycles. The van der Waals surface area contributed by atoms with Crippen LogP contribution in [0, 0.1) is 5.92 Å². The lowest BCUT2D eigenvalue weighted by molar-refractivity contribution is -0.138. The van der Waals surface area contributed by atoms with Crippen LogP contribution >= 0.6 is 0 Å². The summed E-state index contributed by atoms with van der Waals surface area (Å²) in [5.74, 6) is 0.343. The van der Waals surface area contributed by atoms with Crippen LogP contribution in [-0.2, 0) is 9.59 Å². The highest BCUT2D eigenvalue weighted by molar-refractivity contribution is 6.05. The molecule has 90 valence electrons. The van der Waals surface area contributed by atoms with Crippen LogP contribution in [-0.4, -0.2) is 53.8 Å². The topological polar surface area (TPSA) is 66.6 Å². The van der Waals surface area contributed by atoms with Gasteiger partial charge in [-0.1, -0.05) is 6.92 Å². The van der Waals surface area contributed by atoms with Crippen molar-refractivity contribution in [2.75, 3.05) is 20.1 Å². The molecule has 2 rings (SSSR count). The minimum absolute atomic E-state index is 0.0771. The highest BCUT2D eigenvalue weighted by atomic mass is 16.2. The van der Waals surface area contributed by atoms with Crippen molar-refractivity contribution in [3.8, 4) is 0 Å². The lowest BCUT2D eigenvalue weighted by Crippen LogP contribution is -2.53. The van der Waals surface area contributed by atoms with Gasteiger partial charge in [-0.05, 0) is 18.9 Å². The van der Waals surface area contributed by atoms with Crippen LogP contribution in [0.15, 0.2) is 0 Å².